The van der Waals surface area contributed by atoms with Gasteiger partial charge in [-0.2, -0.15) is 0 Å². The number of nitro groups is 1. The van der Waals surface area contributed by atoms with E-state index in [-0.39, 0.29) is 29.4 Å². The molecule has 0 fully saturated rings. The van der Waals surface area contributed by atoms with Gasteiger partial charge in [0.25, 0.3) is 5.69 Å². The summed E-state index contributed by atoms with van der Waals surface area (Å²) in [7, 11) is 0. The zero-order valence-corrected chi connectivity index (χ0v) is 19.8. The number of non-ortho nitro benzene ring substituents is 1. The van der Waals surface area contributed by atoms with Crippen molar-refractivity contribution in [3.05, 3.63) is 104 Å². The normalized spacial score (nSPS) is 10.8. The molecule has 0 N–H and O–H groups in total. The molecule has 0 spiro atoms. The van der Waals surface area contributed by atoms with E-state index in [0.29, 0.717) is 26.8 Å². The number of carbonyl (C=O) groups excluding carboxylic acids is 1. The topological polar surface area (TPSA) is 100 Å². The Morgan fingerprint density at radius 1 is 1.03 bits per heavy atom. The molecule has 0 aliphatic carbocycles. The van der Waals surface area contributed by atoms with E-state index in [0.717, 1.165) is 5.69 Å². The van der Waals surface area contributed by atoms with E-state index in [1.807, 2.05) is 30.3 Å². The molecule has 0 unspecified atom stereocenters. The lowest BCUT2D eigenvalue weighted by molar-refractivity contribution is -0.384. The molecule has 0 aliphatic rings. The van der Waals surface area contributed by atoms with Gasteiger partial charge in [-0.15, -0.1) is 10.2 Å². The molecule has 34 heavy (non-hydrogen) atoms. The van der Waals surface area contributed by atoms with Gasteiger partial charge >= 0.3 is 0 Å². The third kappa shape index (κ3) is 5.56. The second kappa shape index (κ2) is 10.7. The maximum absolute atomic E-state index is 12.7. The highest BCUT2D eigenvalue weighted by atomic mass is 35.5. The molecule has 0 aliphatic heterocycles. The van der Waals surface area contributed by atoms with E-state index in [2.05, 4.69) is 10.2 Å². The van der Waals surface area contributed by atoms with Gasteiger partial charge in [0.05, 0.1) is 15.7 Å². The molecule has 0 bridgehead atoms. The van der Waals surface area contributed by atoms with Crippen molar-refractivity contribution in [2.24, 2.45) is 0 Å². The van der Waals surface area contributed by atoms with E-state index >= 15 is 0 Å². The van der Waals surface area contributed by atoms with Crippen molar-refractivity contribution < 1.29 is 14.5 Å². The van der Waals surface area contributed by atoms with Gasteiger partial charge in [0, 0.05) is 28.4 Å². The second-order valence-corrected chi connectivity index (χ2v) is 8.74. The monoisotopic (exact) mass is 514 g/mol. The standard InChI is InChI=1S/C23H16Cl2N4O4S/c24-16-9-10-21(19(25)12-16)33-13-22-26-27-23(28(22)17-6-2-1-3-7-17)34-14-20(30)15-5-4-8-18(11-15)29(31)32/h1-12H,13-14H2. The van der Waals surface area contributed by atoms with Crippen LogP contribution in [-0.4, -0.2) is 31.2 Å². The molecule has 8 nitrogen and oxygen atoms in total. The first-order valence-electron chi connectivity index (χ1n) is 9.90. The average Bonchev–Trinajstić information content (AvgIpc) is 3.25. The molecule has 0 amide bonds. The number of carbonyl (C=O) groups is 1. The first-order valence-corrected chi connectivity index (χ1v) is 11.6. The van der Waals surface area contributed by atoms with Crippen molar-refractivity contribution in [1.82, 2.24) is 14.8 Å². The number of thioether (sulfide) groups is 1. The lowest BCUT2D eigenvalue weighted by Crippen LogP contribution is -2.08. The maximum atomic E-state index is 12.7. The lowest BCUT2D eigenvalue weighted by atomic mass is 10.1. The Labute approximate surface area is 208 Å². The summed E-state index contributed by atoms with van der Waals surface area (Å²) in [6.07, 6.45) is 0. The number of ether oxygens (including phenoxy) is 1. The molecule has 1 aromatic heterocycles. The SMILES string of the molecule is O=C(CSc1nnc(COc2ccc(Cl)cc2Cl)n1-c1ccccc1)c1cccc([N+](=O)[O-])c1. The van der Waals surface area contributed by atoms with Crippen molar-refractivity contribution in [2.45, 2.75) is 11.8 Å². The van der Waals surface area contributed by atoms with Crippen molar-refractivity contribution in [1.29, 1.82) is 0 Å². The van der Waals surface area contributed by atoms with Crippen molar-refractivity contribution in [3.63, 3.8) is 0 Å². The predicted octanol–water partition coefficient (Wildman–Crippen LogP) is 6.04. The fourth-order valence-electron chi connectivity index (χ4n) is 3.06. The van der Waals surface area contributed by atoms with Gasteiger partial charge < -0.3 is 4.74 Å². The molecule has 0 atom stereocenters. The number of nitrogens with zero attached hydrogens (tertiary/aromatic N) is 4. The number of para-hydroxylation sites is 1. The number of hydrogen-bond acceptors (Lipinski definition) is 7. The third-order valence-corrected chi connectivity index (χ3v) is 6.14. The molecular weight excluding hydrogens is 499 g/mol. The van der Waals surface area contributed by atoms with Crippen molar-refractivity contribution in [2.75, 3.05) is 5.75 Å². The summed E-state index contributed by atoms with van der Waals surface area (Å²) in [5.41, 5.74) is 0.913. The molecule has 11 heteroatoms. The molecule has 172 valence electrons. The van der Waals surface area contributed by atoms with Crippen LogP contribution in [-0.2, 0) is 6.61 Å². The summed E-state index contributed by atoms with van der Waals surface area (Å²) < 4.78 is 7.62. The number of rotatable bonds is 9. The number of nitro benzene ring substituents is 1. The fourth-order valence-corrected chi connectivity index (χ4v) is 4.39. The van der Waals surface area contributed by atoms with Gasteiger partial charge in [-0.3, -0.25) is 19.5 Å². The van der Waals surface area contributed by atoms with Crippen LogP contribution in [0.3, 0.4) is 0 Å². The summed E-state index contributed by atoms with van der Waals surface area (Å²) in [4.78, 5) is 23.1. The minimum atomic E-state index is -0.533. The Kier molecular flexibility index (Phi) is 7.46. The predicted molar refractivity (Wildman–Crippen MR) is 130 cm³/mol. The van der Waals surface area contributed by atoms with E-state index in [9.17, 15) is 14.9 Å². The zero-order valence-electron chi connectivity index (χ0n) is 17.4. The molecule has 1 heterocycles. The smallest absolute Gasteiger partial charge is 0.270 e. The highest BCUT2D eigenvalue weighted by Gasteiger charge is 2.18. The van der Waals surface area contributed by atoms with E-state index in [1.54, 1.807) is 28.8 Å². The van der Waals surface area contributed by atoms with Crippen LogP contribution >= 0.6 is 35.0 Å². The summed E-state index contributed by atoms with van der Waals surface area (Å²) in [5, 5.41) is 20.8. The van der Waals surface area contributed by atoms with Gasteiger partial charge in [0.1, 0.15) is 12.4 Å². The van der Waals surface area contributed by atoms with Gasteiger partial charge in [-0.05, 0) is 30.3 Å². The number of hydrogen-bond donors (Lipinski definition) is 0. The second-order valence-electron chi connectivity index (χ2n) is 6.95. The zero-order chi connectivity index (χ0) is 24.1. The number of Topliss-reactive ketones (excluding diaryl/α,β-unsaturated/α-hetero) is 1. The Balaban J connectivity index is 1.55. The fraction of sp³-hybridized carbons (Fsp3) is 0.0870. The number of benzene rings is 3. The summed E-state index contributed by atoms with van der Waals surface area (Å²) >= 11 is 13.3. The molecule has 4 aromatic rings. The van der Waals surface area contributed by atoms with Gasteiger partial charge in [-0.1, -0.05) is 65.3 Å². The summed E-state index contributed by atoms with van der Waals surface area (Å²) in [6.45, 7) is 0.0721. The molecule has 0 saturated carbocycles. The van der Waals surface area contributed by atoms with Crippen LogP contribution < -0.4 is 4.74 Å². The molecule has 0 saturated heterocycles. The molecular formula is C23H16Cl2N4O4S. The quantitative estimate of drug-likeness (QED) is 0.116. The van der Waals surface area contributed by atoms with Crippen LogP contribution in [0.4, 0.5) is 5.69 Å². The van der Waals surface area contributed by atoms with E-state index in [1.165, 1.54) is 30.0 Å². The minimum Gasteiger partial charge on any atom is -0.484 e. The van der Waals surface area contributed by atoms with Gasteiger partial charge in [-0.25, -0.2) is 0 Å². The van der Waals surface area contributed by atoms with Crippen LogP contribution in [0, 0.1) is 10.1 Å². The summed E-state index contributed by atoms with van der Waals surface area (Å²) in [5.74, 6) is 0.712. The number of halogens is 2. The van der Waals surface area contributed by atoms with Crippen LogP contribution in [0.15, 0.2) is 78.0 Å². The highest BCUT2D eigenvalue weighted by molar-refractivity contribution is 7.99. The van der Waals surface area contributed by atoms with E-state index in [4.69, 9.17) is 27.9 Å². The average molecular weight is 515 g/mol. The largest absolute Gasteiger partial charge is 0.484 e. The Hall–Kier alpha value is -3.40. The lowest BCUT2D eigenvalue weighted by Gasteiger charge is -2.12. The van der Waals surface area contributed by atoms with Crippen molar-refractivity contribution >= 4 is 46.4 Å². The first kappa shape index (κ1) is 23.7. The molecule has 0 radical (unpaired) electrons. The minimum absolute atomic E-state index is 0.0238. The third-order valence-electron chi connectivity index (χ3n) is 4.68. The van der Waals surface area contributed by atoms with Crippen LogP contribution in [0.5, 0.6) is 5.75 Å². The number of aromatic nitrogens is 3. The summed E-state index contributed by atoms with van der Waals surface area (Å²) in [6, 6.07) is 20.0. The molecule has 4 rings (SSSR count). The van der Waals surface area contributed by atoms with Gasteiger partial charge in [0.2, 0.25) is 0 Å². The Morgan fingerprint density at radius 2 is 1.82 bits per heavy atom. The molecule has 3 aromatic carbocycles. The highest BCUT2D eigenvalue weighted by Crippen LogP contribution is 2.29. The van der Waals surface area contributed by atoms with Crippen LogP contribution in [0.2, 0.25) is 10.0 Å². The van der Waals surface area contributed by atoms with Gasteiger partial charge in [0.15, 0.2) is 16.8 Å². The number of ketones is 1. The van der Waals surface area contributed by atoms with E-state index < -0.39 is 4.92 Å². The Morgan fingerprint density at radius 3 is 2.56 bits per heavy atom. The van der Waals surface area contributed by atoms with Crippen LogP contribution in [0.1, 0.15) is 16.2 Å². The maximum Gasteiger partial charge on any atom is 0.270 e. The van der Waals surface area contributed by atoms with Crippen LogP contribution in [0.25, 0.3) is 5.69 Å². The van der Waals surface area contributed by atoms with Crippen molar-refractivity contribution in [3.8, 4) is 11.4 Å². The Bertz CT molecular complexity index is 1350. The first-order chi connectivity index (χ1) is 16.4.